The van der Waals surface area contributed by atoms with Gasteiger partial charge in [-0.25, -0.2) is 4.68 Å². The summed E-state index contributed by atoms with van der Waals surface area (Å²) in [7, 11) is 3.36. The number of benzene rings is 3. The van der Waals surface area contributed by atoms with E-state index in [0.717, 1.165) is 46.1 Å². The van der Waals surface area contributed by atoms with Crippen molar-refractivity contribution in [1.82, 2.24) is 9.78 Å². The van der Waals surface area contributed by atoms with Gasteiger partial charge < -0.3 is 9.47 Å². The number of hydrogen-bond donors (Lipinski definition) is 0. The number of ether oxygens (including phenoxy) is 2. The molecule has 1 heterocycles. The molecule has 0 amide bonds. The highest BCUT2D eigenvalue weighted by atomic mass is 16.5. The third kappa shape index (κ3) is 3.61. The molecule has 0 unspecified atom stereocenters. The fourth-order valence-corrected chi connectivity index (χ4v) is 3.57. The Kier molecular flexibility index (Phi) is 5.34. The van der Waals surface area contributed by atoms with Crippen LogP contribution in [-0.4, -0.2) is 24.0 Å². The van der Waals surface area contributed by atoms with Crippen LogP contribution in [0, 0.1) is 0 Å². The molecule has 0 fully saturated rings. The summed E-state index contributed by atoms with van der Waals surface area (Å²) in [4.78, 5) is 0. The van der Waals surface area contributed by atoms with Gasteiger partial charge in [0.2, 0.25) is 0 Å². The summed E-state index contributed by atoms with van der Waals surface area (Å²) >= 11 is 0. The first-order chi connectivity index (χ1) is 14.2. The summed E-state index contributed by atoms with van der Waals surface area (Å²) < 4.78 is 12.7. The van der Waals surface area contributed by atoms with Crippen molar-refractivity contribution in [3.05, 3.63) is 84.4 Å². The Morgan fingerprint density at radius 2 is 1.31 bits per heavy atom. The monoisotopic (exact) mass is 384 g/mol. The number of aromatic nitrogens is 2. The standard InChI is InChI=1S/C25H24N2O2/c1-4-23-24(18-8-6-5-7-9-18)26-27(20-12-16-22(29-3)17-13-20)25(23)19-10-14-21(28-2)15-11-19/h5-17H,4H2,1-3H3. The maximum atomic E-state index is 5.34. The van der Waals surface area contributed by atoms with Crippen molar-refractivity contribution in [2.45, 2.75) is 13.3 Å². The molecule has 0 radical (unpaired) electrons. The molecular weight excluding hydrogens is 360 g/mol. The van der Waals surface area contributed by atoms with Gasteiger partial charge in [0, 0.05) is 16.7 Å². The van der Waals surface area contributed by atoms with Crippen molar-refractivity contribution in [3.8, 4) is 39.7 Å². The predicted octanol–water partition coefficient (Wildman–Crippen LogP) is 5.79. The fraction of sp³-hybridized carbons (Fsp3) is 0.160. The van der Waals surface area contributed by atoms with Gasteiger partial charge in [0.1, 0.15) is 11.5 Å². The maximum Gasteiger partial charge on any atom is 0.119 e. The molecule has 0 atom stereocenters. The highest BCUT2D eigenvalue weighted by molar-refractivity contribution is 5.76. The minimum Gasteiger partial charge on any atom is -0.497 e. The molecule has 0 aliphatic rings. The second-order valence-corrected chi connectivity index (χ2v) is 6.73. The second kappa shape index (κ2) is 8.23. The smallest absolute Gasteiger partial charge is 0.119 e. The zero-order valence-electron chi connectivity index (χ0n) is 16.9. The molecule has 4 nitrogen and oxygen atoms in total. The Hall–Kier alpha value is -3.53. The lowest BCUT2D eigenvalue weighted by Gasteiger charge is -2.11. The first kappa shape index (κ1) is 18.8. The lowest BCUT2D eigenvalue weighted by atomic mass is 10.00. The average molecular weight is 384 g/mol. The largest absolute Gasteiger partial charge is 0.497 e. The van der Waals surface area contributed by atoms with E-state index in [9.17, 15) is 0 Å². The molecule has 0 spiro atoms. The van der Waals surface area contributed by atoms with Crippen LogP contribution in [0.25, 0.3) is 28.2 Å². The van der Waals surface area contributed by atoms with Crippen LogP contribution < -0.4 is 9.47 Å². The summed E-state index contributed by atoms with van der Waals surface area (Å²) in [6.45, 7) is 2.18. The van der Waals surface area contributed by atoms with Crippen LogP contribution in [0.15, 0.2) is 78.9 Å². The van der Waals surface area contributed by atoms with Crippen LogP contribution in [0.2, 0.25) is 0 Å². The number of rotatable bonds is 6. The summed E-state index contributed by atoms with van der Waals surface area (Å²) in [6, 6.07) is 26.5. The Bertz CT molecular complexity index is 1080. The van der Waals surface area contributed by atoms with Crippen molar-refractivity contribution >= 4 is 0 Å². The van der Waals surface area contributed by atoms with E-state index in [-0.39, 0.29) is 0 Å². The van der Waals surface area contributed by atoms with E-state index in [4.69, 9.17) is 14.6 Å². The van der Waals surface area contributed by atoms with Gasteiger partial charge in [0.05, 0.1) is 31.3 Å². The lowest BCUT2D eigenvalue weighted by Crippen LogP contribution is -2.00. The molecule has 0 saturated heterocycles. The molecule has 1 aromatic heterocycles. The van der Waals surface area contributed by atoms with Crippen molar-refractivity contribution < 1.29 is 9.47 Å². The summed E-state index contributed by atoms with van der Waals surface area (Å²) in [5, 5.41) is 5.04. The molecule has 4 aromatic rings. The van der Waals surface area contributed by atoms with Crippen LogP contribution in [0.5, 0.6) is 11.5 Å². The zero-order chi connectivity index (χ0) is 20.2. The topological polar surface area (TPSA) is 36.3 Å². The van der Waals surface area contributed by atoms with Crippen LogP contribution in [-0.2, 0) is 6.42 Å². The van der Waals surface area contributed by atoms with Gasteiger partial charge in [-0.05, 0) is 55.0 Å². The highest BCUT2D eigenvalue weighted by Gasteiger charge is 2.20. The Morgan fingerprint density at radius 1 is 0.724 bits per heavy atom. The molecule has 3 aromatic carbocycles. The third-order valence-electron chi connectivity index (χ3n) is 5.06. The quantitative estimate of drug-likeness (QED) is 0.422. The van der Waals surface area contributed by atoms with Gasteiger partial charge in [0.25, 0.3) is 0 Å². The van der Waals surface area contributed by atoms with Gasteiger partial charge in [0.15, 0.2) is 0 Å². The Labute approximate surface area is 171 Å². The lowest BCUT2D eigenvalue weighted by molar-refractivity contribution is 0.414. The van der Waals surface area contributed by atoms with Crippen LogP contribution in [0.3, 0.4) is 0 Å². The molecule has 29 heavy (non-hydrogen) atoms. The van der Waals surface area contributed by atoms with Crippen molar-refractivity contribution in [3.63, 3.8) is 0 Å². The molecular formula is C25H24N2O2. The molecule has 0 aliphatic carbocycles. The maximum absolute atomic E-state index is 5.34. The SMILES string of the molecule is CCc1c(-c2ccccc2)nn(-c2ccc(OC)cc2)c1-c1ccc(OC)cc1. The fourth-order valence-electron chi connectivity index (χ4n) is 3.57. The van der Waals surface area contributed by atoms with Crippen molar-refractivity contribution in [2.24, 2.45) is 0 Å². The van der Waals surface area contributed by atoms with Crippen molar-refractivity contribution in [1.29, 1.82) is 0 Å². The molecule has 4 heteroatoms. The number of hydrogen-bond acceptors (Lipinski definition) is 3. The third-order valence-corrected chi connectivity index (χ3v) is 5.06. The van der Waals surface area contributed by atoms with Gasteiger partial charge in [-0.1, -0.05) is 37.3 Å². The van der Waals surface area contributed by atoms with E-state index in [1.807, 2.05) is 59.3 Å². The Morgan fingerprint density at radius 3 is 1.86 bits per heavy atom. The summed E-state index contributed by atoms with van der Waals surface area (Å²) in [5.74, 6) is 1.66. The molecule has 0 bridgehead atoms. The van der Waals surface area contributed by atoms with Gasteiger partial charge in [-0.15, -0.1) is 0 Å². The first-order valence-corrected chi connectivity index (χ1v) is 9.71. The van der Waals surface area contributed by atoms with E-state index in [0.29, 0.717) is 0 Å². The van der Waals surface area contributed by atoms with Gasteiger partial charge in [-0.3, -0.25) is 0 Å². The van der Waals surface area contributed by atoms with Gasteiger partial charge >= 0.3 is 0 Å². The molecule has 146 valence electrons. The molecule has 0 N–H and O–H groups in total. The predicted molar refractivity (Wildman–Crippen MR) is 117 cm³/mol. The average Bonchev–Trinajstić information content (AvgIpc) is 3.19. The highest BCUT2D eigenvalue weighted by Crippen LogP contribution is 2.35. The van der Waals surface area contributed by atoms with Crippen molar-refractivity contribution in [2.75, 3.05) is 14.2 Å². The minimum absolute atomic E-state index is 0.825. The second-order valence-electron chi connectivity index (χ2n) is 6.73. The van der Waals surface area contributed by atoms with Crippen LogP contribution in [0.1, 0.15) is 12.5 Å². The minimum atomic E-state index is 0.825. The molecule has 4 rings (SSSR count). The summed E-state index contributed by atoms with van der Waals surface area (Å²) in [5.41, 5.74) is 6.54. The molecule has 0 aliphatic heterocycles. The summed E-state index contributed by atoms with van der Waals surface area (Å²) in [6.07, 6.45) is 0.877. The van der Waals surface area contributed by atoms with E-state index in [1.165, 1.54) is 5.56 Å². The van der Waals surface area contributed by atoms with Gasteiger partial charge in [-0.2, -0.15) is 5.10 Å². The zero-order valence-corrected chi connectivity index (χ0v) is 16.9. The number of methoxy groups -OCH3 is 2. The number of nitrogens with zero attached hydrogens (tertiary/aromatic N) is 2. The van der Waals surface area contributed by atoms with E-state index >= 15 is 0 Å². The van der Waals surface area contributed by atoms with E-state index in [1.54, 1.807) is 14.2 Å². The van der Waals surface area contributed by atoms with E-state index in [2.05, 4.69) is 31.2 Å². The van der Waals surface area contributed by atoms with Crippen LogP contribution >= 0.6 is 0 Å². The normalized spacial score (nSPS) is 10.7. The van der Waals surface area contributed by atoms with Crippen LogP contribution in [0.4, 0.5) is 0 Å². The Balaban J connectivity index is 1.95. The van der Waals surface area contributed by atoms with E-state index < -0.39 is 0 Å². The first-order valence-electron chi connectivity index (χ1n) is 9.71. The molecule has 0 saturated carbocycles.